The van der Waals surface area contributed by atoms with Crippen LogP contribution in [0.5, 0.6) is 0 Å². The lowest BCUT2D eigenvalue weighted by Crippen LogP contribution is -2.41. The van der Waals surface area contributed by atoms with Crippen molar-refractivity contribution >= 4 is 0 Å². The quantitative estimate of drug-likeness (QED) is 0.565. The third-order valence-corrected chi connectivity index (χ3v) is 3.31. The van der Waals surface area contributed by atoms with Crippen molar-refractivity contribution in [3.8, 4) is 0 Å². The molecule has 0 spiro atoms. The highest BCUT2D eigenvalue weighted by Gasteiger charge is 2.23. The first-order chi connectivity index (χ1) is 8.22. The molecule has 0 aliphatic carbocycles. The molecule has 0 aliphatic heterocycles. The third-order valence-electron chi connectivity index (χ3n) is 3.31. The number of ether oxygens (including phenoxy) is 1. The van der Waals surface area contributed by atoms with Gasteiger partial charge in [0.25, 0.3) is 0 Å². The molecule has 0 saturated heterocycles. The van der Waals surface area contributed by atoms with Crippen LogP contribution in [-0.2, 0) is 4.74 Å². The average molecular weight is 236 g/mol. The second kappa shape index (κ2) is 7.43. The van der Waals surface area contributed by atoms with E-state index in [9.17, 15) is 0 Å². The lowest BCUT2D eigenvalue weighted by molar-refractivity contribution is 0.0596. The van der Waals surface area contributed by atoms with Crippen LogP contribution in [0.15, 0.2) is 30.3 Å². The number of hydrogen-bond acceptors (Lipinski definition) is 3. The van der Waals surface area contributed by atoms with Gasteiger partial charge in [-0.15, -0.1) is 0 Å². The number of methoxy groups -OCH3 is 1. The van der Waals surface area contributed by atoms with E-state index in [2.05, 4.69) is 31.4 Å². The van der Waals surface area contributed by atoms with Crippen LogP contribution in [0.2, 0.25) is 0 Å². The Balaban J connectivity index is 2.76. The standard InChI is InChI=1S/C14H24N2O/c1-4-11(2)10-13(16-15)14(17-3)12-8-6-5-7-9-12/h5-9,11,13-14,16H,4,10,15H2,1-3H3. The Kier molecular flexibility index (Phi) is 6.19. The van der Waals surface area contributed by atoms with E-state index in [0.29, 0.717) is 5.92 Å². The molecule has 0 saturated carbocycles. The summed E-state index contributed by atoms with van der Waals surface area (Å²) in [6.45, 7) is 4.44. The van der Waals surface area contributed by atoms with Gasteiger partial charge in [0, 0.05) is 7.11 Å². The predicted octanol–water partition coefficient (Wildman–Crippen LogP) is 2.64. The van der Waals surface area contributed by atoms with Crippen molar-refractivity contribution in [1.82, 2.24) is 5.43 Å². The lowest BCUT2D eigenvalue weighted by atomic mass is 9.93. The third kappa shape index (κ3) is 4.11. The van der Waals surface area contributed by atoms with Gasteiger partial charge in [0.2, 0.25) is 0 Å². The van der Waals surface area contributed by atoms with E-state index >= 15 is 0 Å². The summed E-state index contributed by atoms with van der Waals surface area (Å²) < 4.78 is 5.59. The van der Waals surface area contributed by atoms with E-state index in [1.165, 1.54) is 5.56 Å². The molecule has 0 amide bonds. The summed E-state index contributed by atoms with van der Waals surface area (Å²) in [5.41, 5.74) is 4.06. The van der Waals surface area contributed by atoms with Gasteiger partial charge >= 0.3 is 0 Å². The molecule has 3 atom stereocenters. The summed E-state index contributed by atoms with van der Waals surface area (Å²) in [6, 6.07) is 10.4. The summed E-state index contributed by atoms with van der Waals surface area (Å²) in [6.07, 6.45) is 2.18. The monoisotopic (exact) mass is 236 g/mol. The fraction of sp³-hybridized carbons (Fsp3) is 0.571. The van der Waals surface area contributed by atoms with E-state index in [1.807, 2.05) is 18.2 Å². The minimum atomic E-state index is 0.00944. The van der Waals surface area contributed by atoms with Gasteiger partial charge in [-0.2, -0.15) is 0 Å². The van der Waals surface area contributed by atoms with E-state index in [0.717, 1.165) is 12.8 Å². The summed E-state index contributed by atoms with van der Waals surface area (Å²) in [7, 11) is 1.73. The maximum absolute atomic E-state index is 5.66. The highest BCUT2D eigenvalue weighted by atomic mass is 16.5. The first-order valence-corrected chi connectivity index (χ1v) is 6.26. The van der Waals surface area contributed by atoms with Crippen LogP contribution in [0.3, 0.4) is 0 Å². The summed E-state index contributed by atoms with van der Waals surface area (Å²) in [4.78, 5) is 0. The largest absolute Gasteiger partial charge is 0.375 e. The maximum atomic E-state index is 5.66. The molecule has 1 rings (SSSR count). The van der Waals surface area contributed by atoms with Gasteiger partial charge < -0.3 is 4.74 Å². The van der Waals surface area contributed by atoms with Gasteiger partial charge in [-0.05, 0) is 17.9 Å². The molecular weight excluding hydrogens is 212 g/mol. The molecule has 1 aromatic rings. The highest BCUT2D eigenvalue weighted by molar-refractivity contribution is 5.19. The van der Waals surface area contributed by atoms with Crippen molar-refractivity contribution in [3.05, 3.63) is 35.9 Å². The zero-order chi connectivity index (χ0) is 12.7. The second-order valence-electron chi connectivity index (χ2n) is 4.59. The number of hydrogen-bond donors (Lipinski definition) is 2. The molecule has 3 N–H and O–H groups in total. The zero-order valence-corrected chi connectivity index (χ0v) is 11.0. The molecule has 0 bridgehead atoms. The molecule has 17 heavy (non-hydrogen) atoms. The van der Waals surface area contributed by atoms with Crippen LogP contribution in [0.1, 0.15) is 38.4 Å². The molecular formula is C14H24N2O. The number of rotatable bonds is 7. The first kappa shape index (κ1) is 14.2. The van der Waals surface area contributed by atoms with Gasteiger partial charge in [-0.3, -0.25) is 11.3 Å². The molecule has 96 valence electrons. The molecule has 1 aromatic carbocycles. The highest BCUT2D eigenvalue weighted by Crippen LogP contribution is 2.25. The van der Waals surface area contributed by atoms with Crippen molar-refractivity contribution in [1.29, 1.82) is 0 Å². The van der Waals surface area contributed by atoms with Gasteiger partial charge in [0.05, 0.1) is 12.1 Å². The number of hydrazine groups is 1. The van der Waals surface area contributed by atoms with Crippen molar-refractivity contribution in [2.24, 2.45) is 11.8 Å². The van der Waals surface area contributed by atoms with E-state index in [1.54, 1.807) is 7.11 Å². The summed E-state index contributed by atoms with van der Waals surface area (Å²) in [5.74, 6) is 6.30. The molecule has 0 heterocycles. The fourth-order valence-electron chi connectivity index (χ4n) is 2.05. The van der Waals surface area contributed by atoms with Gasteiger partial charge in [0.15, 0.2) is 0 Å². The van der Waals surface area contributed by atoms with Crippen LogP contribution < -0.4 is 11.3 Å². The smallest absolute Gasteiger partial charge is 0.0987 e. The molecule has 0 radical (unpaired) electrons. The lowest BCUT2D eigenvalue weighted by Gasteiger charge is -2.27. The Morgan fingerprint density at radius 3 is 2.41 bits per heavy atom. The first-order valence-electron chi connectivity index (χ1n) is 6.26. The number of nitrogens with two attached hydrogens (primary N) is 1. The molecule has 0 aliphatic rings. The minimum Gasteiger partial charge on any atom is -0.375 e. The summed E-state index contributed by atoms with van der Waals surface area (Å²) >= 11 is 0. The molecule has 0 aromatic heterocycles. The number of benzene rings is 1. The normalized spacial score (nSPS) is 16.5. The predicted molar refractivity (Wildman–Crippen MR) is 71.4 cm³/mol. The molecule has 3 heteroatoms. The Morgan fingerprint density at radius 2 is 1.94 bits per heavy atom. The average Bonchev–Trinajstić information content (AvgIpc) is 2.39. The SMILES string of the molecule is CCC(C)CC(NN)C(OC)c1ccccc1. The molecule has 0 fully saturated rings. The van der Waals surface area contributed by atoms with E-state index in [4.69, 9.17) is 10.6 Å². The zero-order valence-electron chi connectivity index (χ0n) is 11.0. The Morgan fingerprint density at radius 1 is 1.29 bits per heavy atom. The Bertz CT molecular complexity index is 302. The van der Waals surface area contributed by atoms with Crippen LogP contribution in [0.25, 0.3) is 0 Å². The van der Waals surface area contributed by atoms with Crippen LogP contribution in [0.4, 0.5) is 0 Å². The van der Waals surface area contributed by atoms with Crippen molar-refractivity contribution < 1.29 is 4.74 Å². The minimum absolute atomic E-state index is 0.00944. The second-order valence-corrected chi connectivity index (χ2v) is 4.59. The molecule has 3 unspecified atom stereocenters. The van der Waals surface area contributed by atoms with Gasteiger partial charge in [-0.25, -0.2) is 0 Å². The van der Waals surface area contributed by atoms with E-state index in [-0.39, 0.29) is 12.1 Å². The Hall–Kier alpha value is -0.900. The van der Waals surface area contributed by atoms with Gasteiger partial charge in [0.1, 0.15) is 0 Å². The number of nitrogens with one attached hydrogen (secondary N) is 1. The van der Waals surface area contributed by atoms with Gasteiger partial charge in [-0.1, -0.05) is 50.6 Å². The van der Waals surface area contributed by atoms with Crippen LogP contribution in [-0.4, -0.2) is 13.2 Å². The topological polar surface area (TPSA) is 47.3 Å². The van der Waals surface area contributed by atoms with Crippen molar-refractivity contribution in [2.75, 3.05) is 7.11 Å². The fourth-order valence-corrected chi connectivity index (χ4v) is 2.05. The van der Waals surface area contributed by atoms with Crippen LogP contribution in [0, 0.1) is 5.92 Å². The molecule has 3 nitrogen and oxygen atoms in total. The maximum Gasteiger partial charge on any atom is 0.0987 e. The Labute approximate surface area is 104 Å². The van der Waals surface area contributed by atoms with E-state index < -0.39 is 0 Å². The van der Waals surface area contributed by atoms with Crippen LogP contribution >= 0.6 is 0 Å². The van der Waals surface area contributed by atoms with Crippen molar-refractivity contribution in [2.45, 2.75) is 38.8 Å². The van der Waals surface area contributed by atoms with Crippen molar-refractivity contribution in [3.63, 3.8) is 0 Å². The summed E-state index contributed by atoms with van der Waals surface area (Å²) in [5, 5.41) is 0.